The van der Waals surface area contributed by atoms with Crippen molar-refractivity contribution >= 4 is 43.6 Å². The van der Waals surface area contributed by atoms with Gasteiger partial charge in [0.15, 0.2) is 0 Å². The lowest BCUT2D eigenvalue weighted by atomic mass is 10.2. The molecule has 0 saturated heterocycles. The molecule has 0 unspecified atom stereocenters. The lowest BCUT2D eigenvalue weighted by Gasteiger charge is -2.06. The quantitative estimate of drug-likeness (QED) is 0.708. The van der Waals surface area contributed by atoms with Crippen molar-refractivity contribution in [3.05, 3.63) is 46.7 Å². The Morgan fingerprint density at radius 2 is 1.96 bits per heavy atom. The number of sulfone groups is 1. The molecule has 0 aliphatic carbocycles. The van der Waals surface area contributed by atoms with E-state index in [0.29, 0.717) is 21.4 Å². The largest absolute Gasteiger partial charge is 0.328 e. The summed E-state index contributed by atoms with van der Waals surface area (Å²) in [5.41, 5.74) is 2.76. The van der Waals surface area contributed by atoms with Crippen LogP contribution in [0.25, 0.3) is 0 Å². The van der Waals surface area contributed by atoms with Gasteiger partial charge < -0.3 is 5.32 Å². The number of anilines is 2. The van der Waals surface area contributed by atoms with E-state index in [-0.39, 0.29) is 10.1 Å². The molecule has 0 atom stereocenters. The van der Waals surface area contributed by atoms with E-state index in [2.05, 4.69) is 25.5 Å². The van der Waals surface area contributed by atoms with E-state index in [0.717, 1.165) is 0 Å². The highest BCUT2D eigenvalue weighted by molar-refractivity contribution is 7.91. The fraction of sp³-hybridized carbons (Fsp3) is 0.0769. The first-order valence-electron chi connectivity index (χ1n) is 6.33. The number of hydrogen-bond donors (Lipinski definition) is 1. The van der Waals surface area contributed by atoms with Crippen LogP contribution in [0.1, 0.15) is 5.56 Å². The number of benzene rings is 1. The highest BCUT2D eigenvalue weighted by Gasteiger charge is 2.21. The third kappa shape index (κ3) is 3.31. The Kier molecular flexibility index (Phi) is 4.24. The second-order valence-electron chi connectivity index (χ2n) is 4.54. The smallest absolute Gasteiger partial charge is 0.252 e. The van der Waals surface area contributed by atoms with Gasteiger partial charge >= 0.3 is 0 Å². The van der Waals surface area contributed by atoms with Gasteiger partial charge in [-0.05, 0) is 30.7 Å². The summed E-state index contributed by atoms with van der Waals surface area (Å²) in [5, 5.41) is 11.2. The van der Waals surface area contributed by atoms with Gasteiger partial charge in [0.25, 0.3) is 5.16 Å². The fourth-order valence-corrected chi connectivity index (χ4v) is 3.52. The highest BCUT2D eigenvalue weighted by atomic mass is 35.5. The van der Waals surface area contributed by atoms with Crippen LogP contribution in [-0.2, 0) is 9.84 Å². The van der Waals surface area contributed by atoms with E-state index in [1.54, 1.807) is 12.4 Å². The molecule has 0 aliphatic heterocycles. The second kappa shape index (κ2) is 6.19. The van der Waals surface area contributed by atoms with Crippen LogP contribution in [-0.4, -0.2) is 28.6 Å². The first-order chi connectivity index (χ1) is 11.0. The molecule has 0 aliphatic rings. The van der Waals surface area contributed by atoms with Gasteiger partial charge in [-0.3, -0.25) is 0 Å². The number of hydrogen-bond acceptors (Lipinski definition) is 8. The van der Waals surface area contributed by atoms with Crippen LogP contribution in [0.2, 0.25) is 5.02 Å². The maximum atomic E-state index is 12.5. The predicted molar refractivity (Wildman–Crippen MR) is 86.9 cm³/mol. The van der Waals surface area contributed by atoms with Crippen LogP contribution >= 0.6 is 22.9 Å². The van der Waals surface area contributed by atoms with Gasteiger partial charge in [0.2, 0.25) is 15.0 Å². The number of aryl methyl sites for hydroxylation is 1. The lowest BCUT2D eigenvalue weighted by Crippen LogP contribution is -2.07. The van der Waals surface area contributed by atoms with Crippen molar-refractivity contribution in [1.82, 2.24) is 20.2 Å². The van der Waals surface area contributed by atoms with E-state index in [1.165, 1.54) is 41.9 Å². The molecule has 2 aromatic heterocycles. The summed E-state index contributed by atoms with van der Waals surface area (Å²) in [6.07, 6.45) is 2.76. The zero-order valence-corrected chi connectivity index (χ0v) is 14.2. The van der Waals surface area contributed by atoms with Gasteiger partial charge in [-0.1, -0.05) is 22.9 Å². The van der Waals surface area contributed by atoms with Crippen molar-refractivity contribution in [1.29, 1.82) is 0 Å². The molecule has 1 N–H and O–H groups in total. The van der Waals surface area contributed by atoms with Crippen molar-refractivity contribution in [3.8, 4) is 0 Å². The Bertz CT molecular complexity index is 928. The number of nitrogens with zero attached hydrogens (tertiary/aromatic N) is 4. The molecule has 1 aromatic carbocycles. The fourth-order valence-electron chi connectivity index (χ4n) is 1.76. The molecule has 7 nitrogen and oxygen atoms in total. The van der Waals surface area contributed by atoms with Crippen LogP contribution < -0.4 is 5.32 Å². The molecule has 10 heteroatoms. The van der Waals surface area contributed by atoms with Crippen molar-refractivity contribution < 1.29 is 8.42 Å². The van der Waals surface area contributed by atoms with Gasteiger partial charge in [-0.25, -0.2) is 18.4 Å². The Labute approximate surface area is 141 Å². The summed E-state index contributed by atoms with van der Waals surface area (Å²) in [7, 11) is -3.79. The Hall–Kier alpha value is -2.10. The molecule has 118 valence electrons. The molecule has 0 radical (unpaired) electrons. The lowest BCUT2D eigenvalue weighted by molar-refractivity contribution is 0.587. The number of nitrogens with one attached hydrogen (secondary N) is 1. The van der Waals surface area contributed by atoms with E-state index in [4.69, 9.17) is 11.6 Å². The second-order valence-corrected chi connectivity index (χ2v) is 7.62. The van der Waals surface area contributed by atoms with Gasteiger partial charge in [-0.15, -0.1) is 10.2 Å². The number of halogens is 1. The number of aromatic nitrogens is 4. The van der Waals surface area contributed by atoms with Gasteiger partial charge in [-0.2, -0.15) is 0 Å². The Morgan fingerprint density at radius 1 is 1.22 bits per heavy atom. The normalized spacial score (nSPS) is 11.4. The summed E-state index contributed by atoms with van der Waals surface area (Å²) >= 11 is 7.23. The molecule has 0 saturated carbocycles. The van der Waals surface area contributed by atoms with Crippen molar-refractivity contribution in [2.24, 2.45) is 0 Å². The van der Waals surface area contributed by atoms with Gasteiger partial charge in [0.1, 0.15) is 5.51 Å². The van der Waals surface area contributed by atoms with Crippen molar-refractivity contribution in [2.45, 2.75) is 17.0 Å². The minimum atomic E-state index is -3.79. The predicted octanol–water partition coefficient (Wildman–Crippen LogP) is 2.87. The van der Waals surface area contributed by atoms with Crippen LogP contribution in [0.4, 0.5) is 10.8 Å². The van der Waals surface area contributed by atoms with E-state index >= 15 is 0 Å². The summed E-state index contributed by atoms with van der Waals surface area (Å²) in [6, 6.07) is 4.46. The molecule has 0 spiro atoms. The van der Waals surface area contributed by atoms with E-state index < -0.39 is 9.84 Å². The van der Waals surface area contributed by atoms with Crippen LogP contribution in [0.3, 0.4) is 0 Å². The SMILES string of the molecule is Cc1cc(S(=O)(=O)c2ncc(Nc3nncs3)cn2)ccc1Cl. The summed E-state index contributed by atoms with van der Waals surface area (Å²) in [5.74, 6) is 0. The Morgan fingerprint density at radius 3 is 2.57 bits per heavy atom. The highest BCUT2D eigenvalue weighted by Crippen LogP contribution is 2.24. The minimum absolute atomic E-state index is 0.101. The zero-order valence-electron chi connectivity index (χ0n) is 11.8. The maximum absolute atomic E-state index is 12.5. The molecule has 3 aromatic rings. The van der Waals surface area contributed by atoms with Crippen LogP contribution in [0.5, 0.6) is 0 Å². The van der Waals surface area contributed by atoms with Gasteiger partial charge in [0, 0.05) is 5.02 Å². The first kappa shape index (κ1) is 15.8. The molecule has 2 heterocycles. The van der Waals surface area contributed by atoms with E-state index in [9.17, 15) is 8.42 Å². The van der Waals surface area contributed by atoms with E-state index in [1.807, 2.05) is 0 Å². The summed E-state index contributed by atoms with van der Waals surface area (Å²) < 4.78 is 25.0. The summed E-state index contributed by atoms with van der Waals surface area (Å²) in [6.45, 7) is 1.73. The summed E-state index contributed by atoms with van der Waals surface area (Å²) in [4.78, 5) is 7.94. The molecule has 0 bridgehead atoms. The first-order valence-corrected chi connectivity index (χ1v) is 9.07. The van der Waals surface area contributed by atoms with Crippen LogP contribution in [0.15, 0.2) is 46.2 Å². The topological polar surface area (TPSA) is 97.7 Å². The molecule has 0 fully saturated rings. The average molecular weight is 368 g/mol. The standard InChI is InChI=1S/C13H10ClN5O2S2/c1-8-4-10(2-3-11(8)14)23(20,21)13-15-5-9(6-16-13)18-12-19-17-7-22-12/h2-7H,1H3,(H,18,19). The monoisotopic (exact) mass is 367 g/mol. The van der Waals surface area contributed by atoms with Crippen LogP contribution in [0, 0.1) is 6.92 Å². The molecular weight excluding hydrogens is 358 g/mol. The van der Waals surface area contributed by atoms with Gasteiger partial charge in [0.05, 0.1) is 23.0 Å². The third-order valence-corrected chi connectivity index (χ3v) is 5.52. The van der Waals surface area contributed by atoms with Crippen molar-refractivity contribution in [2.75, 3.05) is 5.32 Å². The zero-order chi connectivity index (χ0) is 16.4. The molecule has 23 heavy (non-hydrogen) atoms. The molecule has 0 amide bonds. The third-order valence-electron chi connectivity index (χ3n) is 2.92. The molecule has 3 rings (SSSR count). The Balaban J connectivity index is 1.89. The average Bonchev–Trinajstić information content (AvgIpc) is 3.03. The molecular formula is C13H10ClN5O2S2. The minimum Gasteiger partial charge on any atom is -0.328 e. The number of rotatable bonds is 4. The maximum Gasteiger partial charge on any atom is 0.252 e. The van der Waals surface area contributed by atoms with Crippen molar-refractivity contribution in [3.63, 3.8) is 0 Å².